The number of methoxy groups -OCH3 is 1. The molecule has 0 amide bonds. The third-order valence-corrected chi connectivity index (χ3v) is 2.63. The zero-order chi connectivity index (χ0) is 15.6. The Labute approximate surface area is 116 Å². The summed E-state index contributed by atoms with van der Waals surface area (Å²) in [4.78, 5) is 18.7. The lowest BCUT2D eigenvalue weighted by Crippen LogP contribution is -2.08. The second kappa shape index (κ2) is 5.47. The van der Waals surface area contributed by atoms with E-state index in [0.29, 0.717) is 12.1 Å². The minimum atomic E-state index is -4.82. The number of halogens is 4. The first-order valence-corrected chi connectivity index (χ1v) is 5.60. The molecule has 0 bridgehead atoms. The van der Waals surface area contributed by atoms with Gasteiger partial charge >= 0.3 is 12.1 Å². The van der Waals surface area contributed by atoms with E-state index in [-0.39, 0.29) is 17.0 Å². The maximum absolute atomic E-state index is 13.2. The maximum atomic E-state index is 13.2. The smallest absolute Gasteiger partial charge is 0.419 e. The van der Waals surface area contributed by atoms with Crippen LogP contribution in [0.4, 0.5) is 17.6 Å². The van der Waals surface area contributed by atoms with Gasteiger partial charge in [0.05, 0.1) is 18.4 Å². The number of carbonyl (C=O) groups excluding carboxylic acids is 1. The van der Waals surface area contributed by atoms with Crippen molar-refractivity contribution in [3.05, 3.63) is 47.7 Å². The molecule has 0 aliphatic heterocycles. The lowest BCUT2D eigenvalue weighted by Gasteiger charge is -2.10. The zero-order valence-electron chi connectivity index (χ0n) is 10.6. The molecular formula is C13H8F4N2O2. The molecule has 1 aromatic carbocycles. The van der Waals surface area contributed by atoms with E-state index in [2.05, 4.69) is 14.7 Å². The van der Waals surface area contributed by atoms with Crippen LogP contribution in [0.15, 0.2) is 30.6 Å². The van der Waals surface area contributed by atoms with E-state index < -0.39 is 23.5 Å². The van der Waals surface area contributed by atoms with Crippen LogP contribution in [-0.4, -0.2) is 23.0 Å². The van der Waals surface area contributed by atoms with Crippen LogP contribution in [0.2, 0.25) is 0 Å². The first kappa shape index (κ1) is 14.9. The van der Waals surface area contributed by atoms with Gasteiger partial charge in [0.1, 0.15) is 12.1 Å². The highest BCUT2D eigenvalue weighted by Gasteiger charge is 2.34. The van der Waals surface area contributed by atoms with Crippen LogP contribution in [-0.2, 0) is 10.9 Å². The monoisotopic (exact) mass is 300 g/mol. The van der Waals surface area contributed by atoms with Crippen molar-refractivity contribution in [2.75, 3.05) is 7.11 Å². The molecule has 0 aliphatic carbocycles. The predicted molar refractivity (Wildman–Crippen MR) is 63.8 cm³/mol. The van der Waals surface area contributed by atoms with Crippen molar-refractivity contribution in [2.24, 2.45) is 0 Å². The number of hydrogen-bond acceptors (Lipinski definition) is 4. The molecule has 2 rings (SSSR count). The van der Waals surface area contributed by atoms with Crippen molar-refractivity contribution in [2.45, 2.75) is 6.18 Å². The summed E-state index contributed by atoms with van der Waals surface area (Å²) in [6, 6.07) is 3.62. The molecule has 0 unspecified atom stereocenters. The molecule has 1 aromatic heterocycles. The molecule has 0 aliphatic rings. The summed E-state index contributed by atoms with van der Waals surface area (Å²) in [6.45, 7) is 0. The van der Waals surface area contributed by atoms with Gasteiger partial charge in [0.2, 0.25) is 0 Å². The molecule has 2 aromatic rings. The summed E-state index contributed by atoms with van der Waals surface area (Å²) >= 11 is 0. The second-order valence-corrected chi connectivity index (χ2v) is 3.97. The van der Waals surface area contributed by atoms with Crippen molar-refractivity contribution in [3.63, 3.8) is 0 Å². The molecule has 0 saturated heterocycles. The predicted octanol–water partition coefficient (Wildman–Crippen LogP) is 3.09. The molecule has 0 radical (unpaired) electrons. The number of alkyl halides is 3. The molecule has 21 heavy (non-hydrogen) atoms. The van der Waals surface area contributed by atoms with Crippen molar-refractivity contribution in [1.82, 2.24) is 9.97 Å². The van der Waals surface area contributed by atoms with Crippen molar-refractivity contribution in [3.8, 4) is 11.3 Å². The first-order chi connectivity index (χ1) is 9.82. The fourth-order valence-electron chi connectivity index (χ4n) is 1.63. The molecule has 0 saturated carbocycles. The molecule has 0 spiro atoms. The Bertz CT molecular complexity index is 686. The van der Waals surface area contributed by atoms with Crippen LogP contribution in [0.1, 0.15) is 16.1 Å². The number of hydrogen-bond donors (Lipinski definition) is 0. The number of esters is 1. The molecular weight excluding hydrogens is 292 g/mol. The Morgan fingerprint density at radius 3 is 2.52 bits per heavy atom. The van der Waals surface area contributed by atoms with Gasteiger partial charge in [-0.25, -0.2) is 19.2 Å². The van der Waals surface area contributed by atoms with E-state index in [4.69, 9.17) is 0 Å². The van der Waals surface area contributed by atoms with Crippen molar-refractivity contribution in [1.29, 1.82) is 0 Å². The van der Waals surface area contributed by atoms with Gasteiger partial charge in [-0.15, -0.1) is 0 Å². The standard InChI is InChI=1S/C13H8F4N2O2/c1-21-12(20)11-5-10(18-6-19-11)7-2-3-9(14)8(4-7)13(15,16)17/h2-6H,1H3. The van der Waals surface area contributed by atoms with Gasteiger partial charge in [-0.3, -0.25) is 0 Å². The van der Waals surface area contributed by atoms with Crippen molar-refractivity contribution >= 4 is 5.97 Å². The van der Waals surface area contributed by atoms with Crippen LogP contribution < -0.4 is 0 Å². The number of rotatable bonds is 2. The average Bonchev–Trinajstić information content (AvgIpc) is 2.46. The van der Waals surface area contributed by atoms with Gasteiger partial charge in [0.25, 0.3) is 0 Å². The molecule has 0 fully saturated rings. The molecule has 4 nitrogen and oxygen atoms in total. The Morgan fingerprint density at radius 1 is 1.19 bits per heavy atom. The molecule has 1 heterocycles. The third kappa shape index (κ3) is 3.15. The Morgan fingerprint density at radius 2 is 1.90 bits per heavy atom. The fraction of sp³-hybridized carbons (Fsp3) is 0.154. The van der Waals surface area contributed by atoms with Gasteiger partial charge in [-0.1, -0.05) is 0 Å². The van der Waals surface area contributed by atoms with Crippen LogP contribution in [0, 0.1) is 5.82 Å². The van der Waals surface area contributed by atoms with Gasteiger partial charge in [0.15, 0.2) is 5.69 Å². The Balaban J connectivity index is 2.50. The lowest BCUT2D eigenvalue weighted by atomic mass is 10.1. The maximum Gasteiger partial charge on any atom is 0.419 e. The summed E-state index contributed by atoms with van der Waals surface area (Å²) in [6.07, 6.45) is -3.81. The highest BCUT2D eigenvalue weighted by molar-refractivity contribution is 5.88. The molecule has 0 atom stereocenters. The van der Waals surface area contributed by atoms with E-state index in [0.717, 1.165) is 19.5 Å². The quantitative estimate of drug-likeness (QED) is 0.632. The van der Waals surface area contributed by atoms with E-state index in [1.807, 2.05) is 0 Å². The Hall–Kier alpha value is -2.51. The topological polar surface area (TPSA) is 52.1 Å². The number of nitrogens with zero attached hydrogens (tertiary/aromatic N) is 2. The van der Waals surface area contributed by atoms with Gasteiger partial charge < -0.3 is 4.74 Å². The van der Waals surface area contributed by atoms with E-state index >= 15 is 0 Å². The average molecular weight is 300 g/mol. The van der Waals surface area contributed by atoms with Crippen LogP contribution in [0.25, 0.3) is 11.3 Å². The lowest BCUT2D eigenvalue weighted by molar-refractivity contribution is -0.139. The second-order valence-electron chi connectivity index (χ2n) is 3.97. The number of carbonyl (C=O) groups is 1. The van der Waals surface area contributed by atoms with Crippen LogP contribution >= 0.6 is 0 Å². The van der Waals surface area contributed by atoms with E-state index in [9.17, 15) is 22.4 Å². The minimum Gasteiger partial charge on any atom is -0.464 e. The summed E-state index contributed by atoms with van der Waals surface area (Å²) in [5.41, 5.74) is -1.45. The normalized spacial score (nSPS) is 11.3. The number of benzene rings is 1. The molecule has 8 heteroatoms. The van der Waals surface area contributed by atoms with Gasteiger partial charge in [0, 0.05) is 5.56 Å². The molecule has 0 N–H and O–H groups in total. The summed E-state index contributed by atoms with van der Waals surface area (Å²) in [5, 5.41) is 0. The van der Waals surface area contributed by atoms with Gasteiger partial charge in [-0.2, -0.15) is 13.2 Å². The van der Waals surface area contributed by atoms with Crippen LogP contribution in [0.3, 0.4) is 0 Å². The third-order valence-electron chi connectivity index (χ3n) is 2.63. The Kier molecular flexibility index (Phi) is 3.88. The van der Waals surface area contributed by atoms with Crippen LogP contribution in [0.5, 0.6) is 0 Å². The van der Waals surface area contributed by atoms with Crippen molar-refractivity contribution < 1.29 is 27.1 Å². The highest BCUT2D eigenvalue weighted by atomic mass is 19.4. The minimum absolute atomic E-state index is 0.0104. The summed E-state index contributed by atoms with van der Waals surface area (Å²) in [5.74, 6) is -2.13. The van der Waals surface area contributed by atoms with E-state index in [1.165, 1.54) is 6.07 Å². The summed E-state index contributed by atoms with van der Waals surface area (Å²) < 4.78 is 55.7. The fourth-order valence-corrected chi connectivity index (χ4v) is 1.63. The zero-order valence-corrected chi connectivity index (χ0v) is 10.6. The summed E-state index contributed by atoms with van der Waals surface area (Å²) in [7, 11) is 1.14. The number of aromatic nitrogens is 2. The SMILES string of the molecule is COC(=O)c1cc(-c2ccc(F)c(C(F)(F)F)c2)ncn1. The molecule has 110 valence electrons. The highest BCUT2D eigenvalue weighted by Crippen LogP contribution is 2.33. The van der Waals surface area contributed by atoms with E-state index in [1.54, 1.807) is 0 Å². The number of ether oxygens (including phenoxy) is 1. The first-order valence-electron chi connectivity index (χ1n) is 5.60. The van der Waals surface area contributed by atoms with Gasteiger partial charge in [-0.05, 0) is 24.3 Å². The largest absolute Gasteiger partial charge is 0.464 e.